The van der Waals surface area contributed by atoms with E-state index in [4.69, 9.17) is 5.73 Å². The highest BCUT2D eigenvalue weighted by atomic mass is 14.7. The van der Waals surface area contributed by atoms with Gasteiger partial charge in [-0.15, -0.1) is 0 Å². The largest absolute Gasteiger partial charge is 0.326 e. The molecule has 2 heteroatoms. The lowest BCUT2D eigenvalue weighted by molar-refractivity contribution is 0.994. The summed E-state index contributed by atoms with van der Waals surface area (Å²) >= 11 is 0. The summed E-state index contributed by atoms with van der Waals surface area (Å²) in [5.41, 5.74) is 9.23. The smallest absolute Gasteiger partial charge is 0.0447 e. The lowest BCUT2D eigenvalue weighted by Gasteiger charge is -2.06. The van der Waals surface area contributed by atoms with Crippen LogP contribution in [0.3, 0.4) is 0 Å². The Morgan fingerprint density at radius 1 is 0.933 bits per heavy atom. The number of nitrogens with two attached hydrogens (primary N) is 1. The molecule has 0 amide bonds. The summed E-state index contributed by atoms with van der Waals surface area (Å²) in [6, 6.07) is 14.2. The van der Waals surface area contributed by atoms with Gasteiger partial charge in [0, 0.05) is 24.9 Å². The van der Waals surface area contributed by atoms with E-state index in [9.17, 15) is 0 Å². The van der Waals surface area contributed by atoms with Gasteiger partial charge in [0.25, 0.3) is 0 Å². The van der Waals surface area contributed by atoms with Crippen LogP contribution in [0.2, 0.25) is 0 Å². The first kappa shape index (κ1) is 9.87. The Morgan fingerprint density at radius 3 is 2.33 bits per heavy atom. The molecule has 0 saturated heterocycles. The predicted octanol–water partition coefficient (Wildman–Crippen LogP) is 2.13. The van der Waals surface area contributed by atoms with Crippen molar-refractivity contribution in [3.8, 4) is 0 Å². The van der Waals surface area contributed by atoms with Crippen molar-refractivity contribution in [2.75, 3.05) is 0 Å². The summed E-state index contributed by atoms with van der Waals surface area (Å²) in [5.74, 6) is 0. The molecule has 15 heavy (non-hydrogen) atoms. The molecular weight excluding hydrogens is 184 g/mol. The van der Waals surface area contributed by atoms with Crippen molar-refractivity contribution in [1.29, 1.82) is 0 Å². The molecule has 0 atom stereocenters. The highest BCUT2D eigenvalue weighted by Crippen LogP contribution is 2.12. The van der Waals surface area contributed by atoms with Crippen molar-refractivity contribution in [2.24, 2.45) is 5.73 Å². The first-order valence-electron chi connectivity index (χ1n) is 5.07. The summed E-state index contributed by atoms with van der Waals surface area (Å²) in [6.45, 7) is 0.586. The molecule has 0 bridgehead atoms. The van der Waals surface area contributed by atoms with Crippen LogP contribution in [0.15, 0.2) is 48.7 Å². The van der Waals surface area contributed by atoms with Gasteiger partial charge in [0.15, 0.2) is 0 Å². The summed E-state index contributed by atoms with van der Waals surface area (Å²) in [5, 5.41) is 0. The molecular formula is C13H14N2. The molecule has 0 spiro atoms. The molecule has 0 saturated carbocycles. The SMILES string of the molecule is NCc1ccccc1Cc1ccccn1. The maximum atomic E-state index is 5.68. The molecule has 0 aliphatic heterocycles. The highest BCUT2D eigenvalue weighted by molar-refractivity contribution is 5.30. The van der Waals surface area contributed by atoms with E-state index in [0.717, 1.165) is 12.1 Å². The Morgan fingerprint density at radius 2 is 1.67 bits per heavy atom. The van der Waals surface area contributed by atoms with Gasteiger partial charge in [-0.05, 0) is 23.3 Å². The fraction of sp³-hybridized carbons (Fsp3) is 0.154. The van der Waals surface area contributed by atoms with E-state index in [1.165, 1.54) is 11.1 Å². The molecule has 1 aromatic carbocycles. The van der Waals surface area contributed by atoms with Crippen molar-refractivity contribution in [3.05, 3.63) is 65.5 Å². The molecule has 0 fully saturated rings. The zero-order valence-corrected chi connectivity index (χ0v) is 8.56. The first-order valence-corrected chi connectivity index (χ1v) is 5.07. The van der Waals surface area contributed by atoms with Gasteiger partial charge in [-0.25, -0.2) is 0 Å². The second-order valence-electron chi connectivity index (χ2n) is 3.47. The van der Waals surface area contributed by atoms with Crippen LogP contribution in [0.1, 0.15) is 16.8 Å². The van der Waals surface area contributed by atoms with E-state index in [2.05, 4.69) is 17.1 Å². The van der Waals surface area contributed by atoms with Crippen molar-refractivity contribution in [3.63, 3.8) is 0 Å². The Kier molecular flexibility index (Phi) is 3.10. The van der Waals surface area contributed by atoms with Gasteiger partial charge in [-0.2, -0.15) is 0 Å². The van der Waals surface area contributed by atoms with Crippen LogP contribution in [0, 0.1) is 0 Å². The predicted molar refractivity (Wildman–Crippen MR) is 61.4 cm³/mol. The van der Waals surface area contributed by atoms with Gasteiger partial charge in [0.05, 0.1) is 0 Å². The Bertz CT molecular complexity index is 424. The quantitative estimate of drug-likeness (QED) is 0.820. The topological polar surface area (TPSA) is 38.9 Å². The van der Waals surface area contributed by atoms with Crippen molar-refractivity contribution < 1.29 is 0 Å². The lowest BCUT2D eigenvalue weighted by atomic mass is 10.0. The number of aromatic nitrogens is 1. The maximum Gasteiger partial charge on any atom is 0.0447 e. The number of pyridine rings is 1. The molecule has 0 aliphatic rings. The van der Waals surface area contributed by atoms with Crippen LogP contribution in [-0.2, 0) is 13.0 Å². The lowest BCUT2D eigenvalue weighted by Crippen LogP contribution is -2.02. The fourth-order valence-corrected chi connectivity index (χ4v) is 1.63. The number of hydrogen-bond acceptors (Lipinski definition) is 2. The molecule has 2 nitrogen and oxygen atoms in total. The van der Waals surface area contributed by atoms with Crippen LogP contribution < -0.4 is 5.73 Å². The number of hydrogen-bond donors (Lipinski definition) is 1. The van der Waals surface area contributed by atoms with Gasteiger partial charge in [-0.3, -0.25) is 4.98 Å². The molecule has 0 unspecified atom stereocenters. The number of rotatable bonds is 3. The Hall–Kier alpha value is -1.67. The molecule has 1 aromatic heterocycles. The van der Waals surface area contributed by atoms with Gasteiger partial charge in [0.2, 0.25) is 0 Å². The van der Waals surface area contributed by atoms with Crippen LogP contribution >= 0.6 is 0 Å². The summed E-state index contributed by atoms with van der Waals surface area (Å²) in [4.78, 5) is 4.31. The third kappa shape index (κ3) is 2.42. The van der Waals surface area contributed by atoms with Crippen LogP contribution in [-0.4, -0.2) is 4.98 Å². The highest BCUT2D eigenvalue weighted by Gasteiger charge is 2.01. The second kappa shape index (κ2) is 4.71. The van der Waals surface area contributed by atoms with E-state index in [1.54, 1.807) is 0 Å². The van der Waals surface area contributed by atoms with E-state index < -0.39 is 0 Å². The summed E-state index contributed by atoms with van der Waals surface area (Å²) < 4.78 is 0. The third-order valence-electron chi connectivity index (χ3n) is 2.44. The average Bonchev–Trinajstić information content (AvgIpc) is 2.31. The molecule has 0 aliphatic carbocycles. The van der Waals surface area contributed by atoms with Gasteiger partial charge in [0.1, 0.15) is 0 Å². The normalized spacial score (nSPS) is 10.2. The van der Waals surface area contributed by atoms with Crippen LogP contribution in [0.25, 0.3) is 0 Å². The molecule has 2 N–H and O–H groups in total. The average molecular weight is 198 g/mol. The zero-order chi connectivity index (χ0) is 10.5. The van der Waals surface area contributed by atoms with Gasteiger partial charge in [-0.1, -0.05) is 30.3 Å². The Balaban J connectivity index is 2.24. The number of benzene rings is 1. The van der Waals surface area contributed by atoms with E-state index in [0.29, 0.717) is 6.54 Å². The van der Waals surface area contributed by atoms with Gasteiger partial charge < -0.3 is 5.73 Å². The fourth-order valence-electron chi connectivity index (χ4n) is 1.63. The minimum atomic E-state index is 0.586. The maximum absolute atomic E-state index is 5.68. The molecule has 1 heterocycles. The van der Waals surface area contributed by atoms with Crippen molar-refractivity contribution in [1.82, 2.24) is 4.98 Å². The van der Waals surface area contributed by atoms with Crippen LogP contribution in [0.5, 0.6) is 0 Å². The summed E-state index contributed by atoms with van der Waals surface area (Å²) in [6.07, 6.45) is 2.68. The van der Waals surface area contributed by atoms with Crippen LogP contribution in [0.4, 0.5) is 0 Å². The summed E-state index contributed by atoms with van der Waals surface area (Å²) in [7, 11) is 0. The molecule has 0 radical (unpaired) electrons. The minimum absolute atomic E-state index is 0.586. The molecule has 76 valence electrons. The minimum Gasteiger partial charge on any atom is -0.326 e. The van der Waals surface area contributed by atoms with Crippen molar-refractivity contribution in [2.45, 2.75) is 13.0 Å². The standard InChI is InChI=1S/C13H14N2/c14-10-12-6-2-1-5-11(12)9-13-7-3-4-8-15-13/h1-8H,9-10,14H2. The van der Waals surface area contributed by atoms with E-state index in [1.807, 2.05) is 36.5 Å². The number of nitrogens with zero attached hydrogens (tertiary/aromatic N) is 1. The molecule has 2 rings (SSSR count). The van der Waals surface area contributed by atoms with Gasteiger partial charge >= 0.3 is 0 Å². The zero-order valence-electron chi connectivity index (χ0n) is 8.56. The third-order valence-corrected chi connectivity index (χ3v) is 2.44. The second-order valence-corrected chi connectivity index (χ2v) is 3.47. The Labute approximate surface area is 89.8 Å². The first-order chi connectivity index (χ1) is 7.40. The van der Waals surface area contributed by atoms with Crippen molar-refractivity contribution >= 4 is 0 Å². The van der Waals surface area contributed by atoms with E-state index in [-0.39, 0.29) is 0 Å². The monoisotopic (exact) mass is 198 g/mol. The van der Waals surface area contributed by atoms with E-state index >= 15 is 0 Å². The molecule has 2 aromatic rings.